The normalized spacial score (nSPS) is 11.9. The summed E-state index contributed by atoms with van der Waals surface area (Å²) in [5, 5.41) is 14.6. The molecule has 0 amide bonds. The molecule has 1 N–H and O–H groups in total. The van der Waals surface area contributed by atoms with Crippen LogP contribution in [0.5, 0.6) is 0 Å². The predicted octanol–water partition coefficient (Wildman–Crippen LogP) is 4.14. The Hall–Kier alpha value is -0.840. The van der Waals surface area contributed by atoms with Crippen LogP contribution in [0.4, 0.5) is 0 Å². The number of aromatic nitrogens is 2. The van der Waals surface area contributed by atoms with Gasteiger partial charge in [0.15, 0.2) is 0 Å². The molecular formula is C15H18BrClN2O. The summed E-state index contributed by atoms with van der Waals surface area (Å²) in [4.78, 5) is 0. The molecule has 0 radical (unpaired) electrons. The van der Waals surface area contributed by atoms with Gasteiger partial charge in [-0.2, -0.15) is 5.10 Å². The number of aliphatic hydroxyl groups is 1. The summed E-state index contributed by atoms with van der Waals surface area (Å²) in [5.74, 6) is 0. The smallest absolute Gasteiger partial charge is 0.133 e. The third-order valence-electron chi connectivity index (χ3n) is 3.10. The second kappa shape index (κ2) is 5.88. The fourth-order valence-electron chi connectivity index (χ4n) is 2.09. The van der Waals surface area contributed by atoms with Gasteiger partial charge < -0.3 is 5.11 Å². The summed E-state index contributed by atoms with van der Waals surface area (Å²) in [6.45, 7) is 6.69. The van der Waals surface area contributed by atoms with Crippen molar-refractivity contribution in [2.45, 2.75) is 39.3 Å². The van der Waals surface area contributed by atoms with Crippen molar-refractivity contribution in [3.05, 3.63) is 50.7 Å². The molecule has 0 aliphatic heterocycles. The van der Waals surface area contributed by atoms with Crippen LogP contribution in [-0.4, -0.2) is 14.9 Å². The molecule has 0 bridgehead atoms. The molecule has 1 aromatic heterocycles. The Kier molecular flexibility index (Phi) is 4.57. The first-order valence-corrected chi connectivity index (χ1v) is 7.61. The summed E-state index contributed by atoms with van der Waals surface area (Å²) in [5.41, 5.74) is 2.54. The summed E-state index contributed by atoms with van der Waals surface area (Å²) in [6.07, 6.45) is 0. The maximum Gasteiger partial charge on any atom is 0.133 e. The zero-order valence-corrected chi connectivity index (χ0v) is 14.2. The third-order valence-corrected chi connectivity index (χ3v) is 4.05. The van der Waals surface area contributed by atoms with Crippen LogP contribution in [0.15, 0.2) is 28.7 Å². The first kappa shape index (κ1) is 15.5. The molecule has 3 nitrogen and oxygen atoms in total. The van der Waals surface area contributed by atoms with Gasteiger partial charge in [0.25, 0.3) is 0 Å². The monoisotopic (exact) mass is 356 g/mol. The van der Waals surface area contributed by atoms with Crippen LogP contribution in [0, 0.1) is 0 Å². The highest BCUT2D eigenvalue weighted by atomic mass is 79.9. The Morgan fingerprint density at radius 1 is 1.25 bits per heavy atom. The lowest BCUT2D eigenvalue weighted by atomic mass is 9.90. The van der Waals surface area contributed by atoms with E-state index in [0.717, 1.165) is 21.3 Å². The van der Waals surface area contributed by atoms with Crippen LogP contribution in [-0.2, 0) is 18.6 Å². The van der Waals surface area contributed by atoms with Crippen LogP contribution < -0.4 is 0 Å². The predicted molar refractivity (Wildman–Crippen MR) is 85.1 cm³/mol. The molecule has 0 atom stereocenters. The van der Waals surface area contributed by atoms with Crippen molar-refractivity contribution in [3.63, 3.8) is 0 Å². The van der Waals surface area contributed by atoms with Gasteiger partial charge in [-0.3, -0.25) is 0 Å². The number of benzene rings is 1. The van der Waals surface area contributed by atoms with Crippen molar-refractivity contribution in [3.8, 4) is 0 Å². The van der Waals surface area contributed by atoms with E-state index in [1.165, 1.54) is 0 Å². The number of rotatable bonds is 3. The van der Waals surface area contributed by atoms with Gasteiger partial charge in [0.2, 0.25) is 0 Å². The fraction of sp³-hybridized carbons (Fsp3) is 0.400. The Morgan fingerprint density at radius 2 is 1.85 bits per heavy atom. The maximum atomic E-state index is 9.53. The number of halogens is 2. The Labute approximate surface area is 132 Å². The van der Waals surface area contributed by atoms with E-state index in [9.17, 15) is 5.11 Å². The standard InChI is InChI=1S/C15H18BrClN2O/c1-15(2,3)13-12(9-20)14(17)19(18-13)8-10-4-6-11(16)7-5-10/h4-7,20H,8-9H2,1-3H3. The lowest BCUT2D eigenvalue weighted by molar-refractivity contribution is 0.278. The molecule has 2 rings (SSSR count). The first-order valence-electron chi connectivity index (χ1n) is 6.44. The van der Waals surface area contributed by atoms with Crippen molar-refractivity contribution < 1.29 is 5.11 Å². The van der Waals surface area contributed by atoms with Crippen LogP contribution in [0.3, 0.4) is 0 Å². The number of nitrogens with zero attached hydrogens (tertiary/aromatic N) is 2. The molecule has 1 aromatic carbocycles. The van der Waals surface area contributed by atoms with Gasteiger partial charge in [0.1, 0.15) is 5.15 Å². The molecule has 0 fully saturated rings. The highest BCUT2D eigenvalue weighted by Gasteiger charge is 2.25. The van der Waals surface area contributed by atoms with E-state index in [1.807, 2.05) is 24.3 Å². The molecule has 20 heavy (non-hydrogen) atoms. The molecule has 0 spiro atoms. The number of hydrogen-bond donors (Lipinski definition) is 1. The zero-order valence-electron chi connectivity index (χ0n) is 11.8. The van der Waals surface area contributed by atoms with E-state index in [4.69, 9.17) is 11.6 Å². The van der Waals surface area contributed by atoms with Crippen molar-refractivity contribution >= 4 is 27.5 Å². The zero-order chi connectivity index (χ0) is 14.9. The molecule has 1 heterocycles. The second-order valence-electron chi connectivity index (χ2n) is 5.81. The molecule has 0 aliphatic carbocycles. The van der Waals surface area contributed by atoms with E-state index < -0.39 is 0 Å². The van der Waals surface area contributed by atoms with Crippen molar-refractivity contribution in [2.24, 2.45) is 0 Å². The van der Waals surface area contributed by atoms with E-state index in [2.05, 4.69) is 41.8 Å². The van der Waals surface area contributed by atoms with Crippen molar-refractivity contribution in [2.75, 3.05) is 0 Å². The van der Waals surface area contributed by atoms with Crippen LogP contribution in [0.25, 0.3) is 0 Å². The summed E-state index contributed by atoms with van der Waals surface area (Å²) < 4.78 is 2.79. The first-order chi connectivity index (χ1) is 9.32. The minimum absolute atomic E-state index is 0.0915. The van der Waals surface area contributed by atoms with E-state index in [-0.39, 0.29) is 12.0 Å². The van der Waals surface area contributed by atoms with Crippen LogP contribution in [0.2, 0.25) is 5.15 Å². The fourth-order valence-corrected chi connectivity index (χ4v) is 2.60. The second-order valence-corrected chi connectivity index (χ2v) is 7.08. The van der Waals surface area contributed by atoms with Crippen LogP contribution >= 0.6 is 27.5 Å². The average Bonchev–Trinajstić information content (AvgIpc) is 2.69. The number of hydrogen-bond acceptors (Lipinski definition) is 2. The maximum absolute atomic E-state index is 9.53. The van der Waals surface area contributed by atoms with Crippen molar-refractivity contribution in [1.82, 2.24) is 9.78 Å². The van der Waals surface area contributed by atoms with Gasteiger partial charge in [0.05, 0.1) is 18.8 Å². The minimum atomic E-state index is -0.146. The molecule has 0 unspecified atom stereocenters. The molecule has 108 valence electrons. The summed E-state index contributed by atoms with van der Waals surface area (Å²) in [7, 11) is 0. The molecule has 2 aromatic rings. The quantitative estimate of drug-likeness (QED) is 0.896. The highest BCUT2D eigenvalue weighted by Crippen LogP contribution is 2.30. The average molecular weight is 358 g/mol. The van der Waals surface area contributed by atoms with Gasteiger partial charge in [-0.25, -0.2) is 4.68 Å². The van der Waals surface area contributed by atoms with Gasteiger partial charge in [-0.15, -0.1) is 0 Å². The third kappa shape index (κ3) is 3.25. The van der Waals surface area contributed by atoms with Gasteiger partial charge in [-0.1, -0.05) is 60.4 Å². The summed E-state index contributed by atoms with van der Waals surface area (Å²) >= 11 is 9.76. The van der Waals surface area contributed by atoms with Gasteiger partial charge in [-0.05, 0) is 17.7 Å². The number of aliphatic hydroxyl groups excluding tert-OH is 1. The van der Waals surface area contributed by atoms with Crippen LogP contribution in [0.1, 0.15) is 37.6 Å². The lowest BCUT2D eigenvalue weighted by Crippen LogP contribution is -2.15. The van der Waals surface area contributed by atoms with E-state index >= 15 is 0 Å². The topological polar surface area (TPSA) is 38.0 Å². The Balaban J connectivity index is 2.38. The largest absolute Gasteiger partial charge is 0.391 e. The summed E-state index contributed by atoms with van der Waals surface area (Å²) in [6, 6.07) is 8.03. The molecule has 5 heteroatoms. The molecule has 0 aliphatic rings. The Morgan fingerprint density at radius 3 is 2.30 bits per heavy atom. The molecule has 0 saturated carbocycles. The minimum Gasteiger partial charge on any atom is -0.391 e. The molecule has 0 saturated heterocycles. The Bertz CT molecular complexity index is 600. The van der Waals surface area contributed by atoms with Crippen molar-refractivity contribution in [1.29, 1.82) is 0 Å². The van der Waals surface area contributed by atoms with Gasteiger partial charge >= 0.3 is 0 Å². The van der Waals surface area contributed by atoms with E-state index in [0.29, 0.717) is 11.7 Å². The SMILES string of the molecule is CC(C)(C)c1nn(Cc2ccc(Br)cc2)c(Cl)c1CO. The van der Waals surface area contributed by atoms with E-state index in [1.54, 1.807) is 4.68 Å². The lowest BCUT2D eigenvalue weighted by Gasteiger charge is -2.16. The highest BCUT2D eigenvalue weighted by molar-refractivity contribution is 9.10. The molecular weight excluding hydrogens is 340 g/mol. The van der Waals surface area contributed by atoms with Gasteiger partial charge in [0, 0.05) is 15.5 Å².